The summed E-state index contributed by atoms with van der Waals surface area (Å²) < 4.78 is 7.47. The number of hydrogen-bond acceptors (Lipinski definition) is 6. The van der Waals surface area contributed by atoms with Crippen LogP contribution in [0.5, 0.6) is 11.5 Å². The van der Waals surface area contributed by atoms with Crippen LogP contribution in [0.4, 0.5) is 0 Å². The molecule has 2 bridgehead atoms. The van der Waals surface area contributed by atoms with Crippen LogP contribution in [0.15, 0.2) is 38.9 Å². The molecule has 166 valence electrons. The van der Waals surface area contributed by atoms with E-state index >= 15 is 0 Å². The van der Waals surface area contributed by atoms with E-state index in [4.69, 9.17) is 33.8 Å². The molecule has 1 saturated carbocycles. The summed E-state index contributed by atoms with van der Waals surface area (Å²) in [5.41, 5.74) is 0.0553. The number of aromatic amines is 1. The number of nitrogens with two attached hydrogens (primary N) is 1. The van der Waals surface area contributed by atoms with Crippen LogP contribution in [0, 0.1) is 0 Å². The molecule has 32 heavy (non-hydrogen) atoms. The molecule has 6 rings (SSSR count). The van der Waals surface area contributed by atoms with Gasteiger partial charge in [0.2, 0.25) is 0 Å². The van der Waals surface area contributed by atoms with E-state index in [1.165, 1.54) is 12.1 Å². The molecule has 1 fully saturated rings. The smallest absolute Gasteiger partial charge is 0.370 e. The van der Waals surface area contributed by atoms with Crippen LogP contribution in [0.2, 0.25) is 10.0 Å². The third-order valence-electron chi connectivity index (χ3n) is 6.55. The minimum atomic E-state index is -0.850. The Hall–Kier alpha value is -3.04. The molecule has 0 saturated heterocycles. The number of rotatable bonds is 3. The highest BCUT2D eigenvalue weighted by Gasteiger charge is 2.45. The third kappa shape index (κ3) is 3.07. The van der Waals surface area contributed by atoms with E-state index in [0.717, 1.165) is 47.7 Å². The summed E-state index contributed by atoms with van der Waals surface area (Å²) in [6.45, 7) is 2.12. The van der Waals surface area contributed by atoms with Crippen molar-refractivity contribution in [1.82, 2.24) is 19.4 Å². The fraction of sp³-hybridized carbons (Fsp3) is 0.333. The lowest BCUT2D eigenvalue weighted by Gasteiger charge is -2.45. The topological polar surface area (TPSA) is 125 Å². The lowest BCUT2D eigenvalue weighted by molar-refractivity contribution is 0.249. The third-order valence-corrected chi connectivity index (χ3v) is 7.11. The summed E-state index contributed by atoms with van der Waals surface area (Å²) in [6, 6.07) is 2.88. The van der Waals surface area contributed by atoms with E-state index in [2.05, 4.69) is 17.0 Å². The second-order valence-corrected chi connectivity index (χ2v) is 9.31. The largest absolute Gasteiger partial charge is 0.452 e. The molecule has 3 aliphatic rings. The molecule has 3 aliphatic carbocycles. The number of nitrogens with one attached hydrogen (secondary N) is 1. The zero-order valence-corrected chi connectivity index (χ0v) is 18.5. The maximum Gasteiger partial charge on any atom is 0.370 e. The minimum absolute atomic E-state index is 0.0887. The van der Waals surface area contributed by atoms with E-state index < -0.39 is 11.2 Å². The van der Waals surface area contributed by atoms with Gasteiger partial charge in [-0.1, -0.05) is 30.1 Å². The van der Waals surface area contributed by atoms with Crippen molar-refractivity contribution in [2.24, 2.45) is 0 Å². The molecule has 0 radical (unpaired) electrons. The van der Waals surface area contributed by atoms with Gasteiger partial charge in [-0.15, -0.1) is 0 Å². The normalized spacial score (nSPS) is 21.4. The van der Waals surface area contributed by atoms with Gasteiger partial charge in [-0.3, -0.25) is 9.59 Å². The summed E-state index contributed by atoms with van der Waals surface area (Å²) in [5.74, 6) is 6.40. The lowest BCUT2D eigenvalue weighted by Crippen LogP contribution is -2.44. The minimum Gasteiger partial charge on any atom is -0.452 e. The predicted molar refractivity (Wildman–Crippen MR) is 120 cm³/mol. The number of hydrogen-bond donors (Lipinski definition) is 2. The van der Waals surface area contributed by atoms with Crippen LogP contribution in [-0.4, -0.2) is 19.4 Å². The summed E-state index contributed by atoms with van der Waals surface area (Å²) in [4.78, 5) is 39.2. The van der Waals surface area contributed by atoms with Crippen molar-refractivity contribution in [3.05, 3.63) is 76.9 Å². The first kappa shape index (κ1) is 20.8. The Morgan fingerprint density at radius 1 is 1.19 bits per heavy atom. The molecule has 0 aliphatic heterocycles. The average molecular weight is 476 g/mol. The highest BCUT2D eigenvalue weighted by Crippen LogP contribution is 2.55. The highest BCUT2D eigenvalue weighted by molar-refractivity contribution is 6.37. The van der Waals surface area contributed by atoms with E-state index in [1.807, 2.05) is 0 Å². The second kappa shape index (κ2) is 7.25. The highest BCUT2D eigenvalue weighted by atomic mass is 35.5. The number of halogens is 2. The molecule has 3 aromatic rings. The Balaban J connectivity index is 1.59. The van der Waals surface area contributed by atoms with Crippen LogP contribution in [0.3, 0.4) is 0 Å². The van der Waals surface area contributed by atoms with Crippen LogP contribution >= 0.6 is 23.2 Å². The van der Waals surface area contributed by atoms with Crippen molar-refractivity contribution in [1.29, 1.82) is 0 Å². The summed E-state index contributed by atoms with van der Waals surface area (Å²) in [6.07, 6.45) is 6.38. The number of aromatic nitrogens is 4. The zero-order chi connectivity index (χ0) is 22.8. The molecule has 3 N–H and O–H groups in total. The maximum absolute atomic E-state index is 12.6. The molecule has 2 aromatic heterocycles. The molecule has 0 atom stereocenters. The Bertz CT molecular complexity index is 1410. The van der Waals surface area contributed by atoms with Crippen molar-refractivity contribution < 1.29 is 4.74 Å². The fourth-order valence-corrected chi connectivity index (χ4v) is 5.43. The Morgan fingerprint density at radius 3 is 2.50 bits per heavy atom. The summed E-state index contributed by atoms with van der Waals surface area (Å²) in [7, 11) is 0. The number of nitrogen functional groups attached to an aromatic ring is 1. The van der Waals surface area contributed by atoms with Gasteiger partial charge < -0.3 is 15.6 Å². The van der Waals surface area contributed by atoms with Crippen molar-refractivity contribution in [2.75, 3.05) is 5.84 Å². The standard InChI is InChI=1S/C21H19Cl2N5O4/c1-21-4-2-10(3-5-21)16-14(8-25-19(30)17(16)21)32-18-12(22)6-11(7-13(18)23)28-20(31)27(24)15(29)9-26-28/h6-10H,2-5,24H2,1H3,(H,25,30). The van der Waals surface area contributed by atoms with E-state index in [-0.39, 0.29) is 38.4 Å². The number of benzene rings is 1. The van der Waals surface area contributed by atoms with Crippen molar-refractivity contribution in [3.8, 4) is 17.2 Å². The number of pyridine rings is 1. The Kier molecular flexibility index (Phi) is 4.72. The Labute approximate surface area is 191 Å². The maximum atomic E-state index is 12.6. The van der Waals surface area contributed by atoms with Crippen LogP contribution in [0.1, 0.15) is 49.7 Å². The van der Waals surface area contributed by atoms with Crippen molar-refractivity contribution in [3.63, 3.8) is 0 Å². The van der Waals surface area contributed by atoms with Gasteiger partial charge in [0, 0.05) is 17.3 Å². The molecule has 0 spiro atoms. The van der Waals surface area contributed by atoms with Crippen LogP contribution < -0.4 is 27.4 Å². The summed E-state index contributed by atoms with van der Waals surface area (Å²) >= 11 is 12.9. The molecule has 9 nitrogen and oxygen atoms in total. The first-order valence-corrected chi connectivity index (χ1v) is 10.8. The van der Waals surface area contributed by atoms with Crippen molar-refractivity contribution in [2.45, 2.75) is 43.9 Å². The number of ether oxygens (including phenoxy) is 1. The number of nitrogens with zero attached hydrogens (tertiary/aromatic N) is 3. The monoisotopic (exact) mass is 475 g/mol. The van der Waals surface area contributed by atoms with Gasteiger partial charge in [-0.25, -0.2) is 4.79 Å². The van der Waals surface area contributed by atoms with Gasteiger partial charge in [0.1, 0.15) is 11.9 Å². The fourth-order valence-electron chi connectivity index (χ4n) is 4.88. The summed E-state index contributed by atoms with van der Waals surface area (Å²) in [5, 5.41) is 4.05. The van der Waals surface area contributed by atoms with Gasteiger partial charge in [0.25, 0.3) is 11.1 Å². The average Bonchev–Trinajstić information content (AvgIpc) is 2.76. The zero-order valence-electron chi connectivity index (χ0n) is 17.0. The molecular formula is C21H19Cl2N5O4. The van der Waals surface area contributed by atoms with E-state index in [0.29, 0.717) is 10.4 Å². The quantitative estimate of drug-likeness (QED) is 0.561. The molecule has 11 heteroatoms. The number of fused-ring (bicyclic) bond motifs is 2. The van der Waals surface area contributed by atoms with E-state index in [9.17, 15) is 14.4 Å². The first-order chi connectivity index (χ1) is 15.2. The molecule has 2 heterocycles. The molecule has 1 aromatic carbocycles. The SMILES string of the molecule is CC12CCC(CC1)c1c(Oc3c(Cl)cc(-n4ncc(=O)n(N)c4=O)cc3Cl)c[nH]c(=O)c12. The lowest BCUT2D eigenvalue weighted by atomic mass is 9.59. The molecule has 0 unspecified atom stereocenters. The van der Waals surface area contributed by atoms with Crippen LogP contribution in [-0.2, 0) is 5.41 Å². The second-order valence-electron chi connectivity index (χ2n) is 8.49. The molecular weight excluding hydrogens is 457 g/mol. The Morgan fingerprint density at radius 2 is 1.84 bits per heavy atom. The first-order valence-electron chi connectivity index (χ1n) is 10.1. The van der Waals surface area contributed by atoms with Gasteiger partial charge in [-0.05, 0) is 49.1 Å². The predicted octanol–water partition coefficient (Wildman–Crippen LogP) is 2.82. The van der Waals surface area contributed by atoms with Gasteiger partial charge in [0.15, 0.2) is 5.75 Å². The van der Waals surface area contributed by atoms with Gasteiger partial charge >= 0.3 is 5.69 Å². The van der Waals surface area contributed by atoms with Crippen LogP contribution in [0.25, 0.3) is 5.69 Å². The van der Waals surface area contributed by atoms with Gasteiger partial charge in [-0.2, -0.15) is 14.5 Å². The van der Waals surface area contributed by atoms with Crippen molar-refractivity contribution >= 4 is 23.2 Å². The number of H-pyrrole nitrogens is 1. The molecule has 0 amide bonds. The van der Waals surface area contributed by atoms with Gasteiger partial charge in [0.05, 0.1) is 15.7 Å². The van der Waals surface area contributed by atoms with E-state index in [1.54, 1.807) is 6.20 Å².